The van der Waals surface area contributed by atoms with E-state index in [4.69, 9.17) is 0 Å². The average molecular weight is 334 g/mol. The lowest BCUT2D eigenvalue weighted by molar-refractivity contribution is -0.143. The molecule has 0 spiro atoms. The van der Waals surface area contributed by atoms with Crippen LogP contribution < -0.4 is 10.9 Å². The number of phenolic OH excluding ortho intramolecular Hbond substituents is 1. The van der Waals surface area contributed by atoms with Crippen molar-refractivity contribution in [2.24, 2.45) is 0 Å². The summed E-state index contributed by atoms with van der Waals surface area (Å²) < 4.78 is 0. The Morgan fingerprint density at radius 3 is 2.12 bits per heavy atom. The zero-order valence-corrected chi connectivity index (χ0v) is 12.6. The van der Waals surface area contributed by atoms with Gasteiger partial charge in [0.1, 0.15) is 17.8 Å². The van der Waals surface area contributed by atoms with Crippen LogP contribution in [-0.4, -0.2) is 49.3 Å². The van der Waals surface area contributed by atoms with Crippen molar-refractivity contribution in [3.8, 4) is 5.75 Å². The molecule has 0 bridgehead atoms. The van der Waals surface area contributed by atoms with Crippen LogP contribution in [0, 0.1) is 0 Å². The molecule has 0 saturated heterocycles. The number of aliphatic carboxylic acids is 2. The van der Waals surface area contributed by atoms with E-state index < -0.39 is 24.0 Å². The van der Waals surface area contributed by atoms with Crippen LogP contribution in [-0.2, 0) is 22.4 Å². The molecule has 0 aliphatic heterocycles. The number of aromatic hydroxyl groups is 1. The fourth-order valence-corrected chi connectivity index (χ4v) is 2.09. The van der Waals surface area contributed by atoms with Gasteiger partial charge in [0.05, 0.1) is 6.33 Å². The number of hydrogen-bond acceptors (Lipinski definition) is 6. The molecule has 2 aromatic rings. The van der Waals surface area contributed by atoms with Crippen molar-refractivity contribution in [3.63, 3.8) is 0 Å². The largest absolute Gasteiger partial charge is 0.508 e. The molecule has 1 aromatic carbocycles. The Morgan fingerprint density at radius 1 is 1.04 bits per heavy atom. The lowest BCUT2D eigenvalue weighted by atomic mass is 10.1. The molecule has 0 unspecified atom stereocenters. The summed E-state index contributed by atoms with van der Waals surface area (Å²) in [6, 6.07) is 4.07. The highest BCUT2D eigenvalue weighted by molar-refractivity contribution is 5.75. The van der Waals surface area contributed by atoms with E-state index in [0.717, 1.165) is 0 Å². The molecule has 0 aliphatic carbocycles. The number of aromatic amines is 1. The first-order valence-corrected chi connectivity index (χ1v) is 7.17. The van der Waals surface area contributed by atoms with Gasteiger partial charge in [-0.15, -0.1) is 0 Å². The molecule has 1 heterocycles. The number of imidazole rings is 1. The number of carboxylic acid groups (broad SMARTS) is 2. The summed E-state index contributed by atoms with van der Waals surface area (Å²) in [5.41, 5.74) is 6.39. The van der Waals surface area contributed by atoms with E-state index in [2.05, 4.69) is 20.8 Å². The summed E-state index contributed by atoms with van der Waals surface area (Å²) in [6.07, 6.45) is 3.18. The zero-order chi connectivity index (χ0) is 17.5. The summed E-state index contributed by atoms with van der Waals surface area (Å²) in [7, 11) is 0. The molecular formula is C15H18N4O5. The van der Waals surface area contributed by atoms with Gasteiger partial charge in [0.2, 0.25) is 0 Å². The van der Waals surface area contributed by atoms with Crippen LogP contribution in [0.1, 0.15) is 11.3 Å². The van der Waals surface area contributed by atoms with Crippen LogP contribution in [0.15, 0.2) is 36.8 Å². The molecule has 128 valence electrons. The summed E-state index contributed by atoms with van der Waals surface area (Å²) in [6.45, 7) is 0. The minimum absolute atomic E-state index is 0.0854. The summed E-state index contributed by atoms with van der Waals surface area (Å²) in [4.78, 5) is 29.3. The molecule has 24 heavy (non-hydrogen) atoms. The summed E-state index contributed by atoms with van der Waals surface area (Å²) in [5.74, 6) is -2.16. The van der Waals surface area contributed by atoms with E-state index >= 15 is 0 Å². The SMILES string of the molecule is O=C(O)[C@H](Cc1ccc(O)cc1)NN[C@@H](Cc1cnc[nH]1)C(=O)O. The van der Waals surface area contributed by atoms with E-state index in [1.165, 1.54) is 24.7 Å². The molecular weight excluding hydrogens is 316 g/mol. The molecule has 0 fully saturated rings. The second kappa shape index (κ2) is 8.09. The Bertz CT molecular complexity index is 672. The first kappa shape index (κ1) is 17.4. The number of carboxylic acids is 2. The number of phenols is 1. The second-order valence-electron chi connectivity index (χ2n) is 5.22. The van der Waals surface area contributed by atoms with Gasteiger partial charge >= 0.3 is 11.9 Å². The number of nitrogens with zero attached hydrogens (tertiary/aromatic N) is 1. The summed E-state index contributed by atoms with van der Waals surface area (Å²) in [5, 5.41) is 27.8. The zero-order valence-electron chi connectivity index (χ0n) is 12.6. The van der Waals surface area contributed by atoms with Gasteiger partial charge in [-0.25, -0.2) is 15.8 Å². The number of benzene rings is 1. The van der Waals surface area contributed by atoms with Gasteiger partial charge in [-0.3, -0.25) is 9.59 Å². The average Bonchev–Trinajstić information content (AvgIpc) is 3.04. The van der Waals surface area contributed by atoms with Gasteiger partial charge < -0.3 is 20.3 Å². The molecule has 6 N–H and O–H groups in total. The van der Waals surface area contributed by atoms with Crippen molar-refractivity contribution < 1.29 is 24.9 Å². The van der Waals surface area contributed by atoms with E-state index in [-0.39, 0.29) is 18.6 Å². The van der Waals surface area contributed by atoms with Crippen LogP contribution in [0.3, 0.4) is 0 Å². The van der Waals surface area contributed by atoms with Crippen molar-refractivity contribution in [1.82, 2.24) is 20.8 Å². The maximum absolute atomic E-state index is 11.4. The topological polar surface area (TPSA) is 148 Å². The number of aromatic nitrogens is 2. The highest BCUT2D eigenvalue weighted by Gasteiger charge is 2.23. The number of rotatable bonds is 9. The van der Waals surface area contributed by atoms with E-state index in [0.29, 0.717) is 11.3 Å². The molecule has 2 rings (SSSR count). The Morgan fingerprint density at radius 2 is 1.62 bits per heavy atom. The van der Waals surface area contributed by atoms with Gasteiger partial charge in [0.15, 0.2) is 0 Å². The third kappa shape index (κ3) is 5.07. The van der Waals surface area contributed by atoms with Gasteiger partial charge in [-0.1, -0.05) is 12.1 Å². The molecule has 1 aromatic heterocycles. The minimum atomic E-state index is -1.12. The van der Waals surface area contributed by atoms with Crippen LogP contribution in [0.5, 0.6) is 5.75 Å². The fraction of sp³-hybridized carbons (Fsp3) is 0.267. The number of hydrazine groups is 1. The second-order valence-corrected chi connectivity index (χ2v) is 5.22. The monoisotopic (exact) mass is 334 g/mol. The Balaban J connectivity index is 1.97. The smallest absolute Gasteiger partial charge is 0.322 e. The Hall–Kier alpha value is -2.91. The number of H-pyrrole nitrogens is 1. The minimum Gasteiger partial charge on any atom is -0.508 e. The Labute approximate surface area is 137 Å². The fourth-order valence-electron chi connectivity index (χ4n) is 2.09. The van der Waals surface area contributed by atoms with Crippen LogP contribution in [0.25, 0.3) is 0 Å². The first-order chi connectivity index (χ1) is 11.5. The maximum atomic E-state index is 11.4. The molecule has 0 saturated carbocycles. The highest BCUT2D eigenvalue weighted by Crippen LogP contribution is 2.11. The predicted octanol–water partition coefficient (Wildman–Crippen LogP) is -0.0989. The molecule has 2 atom stereocenters. The van der Waals surface area contributed by atoms with Crippen molar-refractivity contribution >= 4 is 11.9 Å². The van der Waals surface area contributed by atoms with Gasteiger partial charge in [-0.05, 0) is 24.1 Å². The maximum Gasteiger partial charge on any atom is 0.322 e. The number of nitrogens with one attached hydrogen (secondary N) is 3. The quantitative estimate of drug-likeness (QED) is 0.348. The normalized spacial score (nSPS) is 13.3. The van der Waals surface area contributed by atoms with Crippen molar-refractivity contribution in [3.05, 3.63) is 48.0 Å². The van der Waals surface area contributed by atoms with Crippen LogP contribution >= 0.6 is 0 Å². The molecule has 0 aliphatic rings. The Kier molecular flexibility index (Phi) is 5.88. The van der Waals surface area contributed by atoms with E-state index in [9.17, 15) is 24.9 Å². The molecule has 9 heteroatoms. The number of hydrogen-bond donors (Lipinski definition) is 6. The van der Waals surface area contributed by atoms with Gasteiger partial charge in [0, 0.05) is 18.3 Å². The van der Waals surface area contributed by atoms with E-state index in [1.54, 1.807) is 12.1 Å². The molecule has 0 radical (unpaired) electrons. The van der Waals surface area contributed by atoms with Crippen LogP contribution in [0.4, 0.5) is 0 Å². The van der Waals surface area contributed by atoms with E-state index in [1.807, 2.05) is 0 Å². The van der Waals surface area contributed by atoms with Crippen molar-refractivity contribution in [2.45, 2.75) is 24.9 Å². The van der Waals surface area contributed by atoms with Gasteiger partial charge in [0.25, 0.3) is 0 Å². The molecule has 9 nitrogen and oxygen atoms in total. The number of carbonyl (C=O) groups is 2. The van der Waals surface area contributed by atoms with Crippen molar-refractivity contribution in [2.75, 3.05) is 0 Å². The lowest BCUT2D eigenvalue weighted by Gasteiger charge is -2.19. The van der Waals surface area contributed by atoms with Gasteiger partial charge in [-0.2, -0.15) is 0 Å². The van der Waals surface area contributed by atoms with Crippen LogP contribution in [0.2, 0.25) is 0 Å². The highest BCUT2D eigenvalue weighted by atomic mass is 16.4. The first-order valence-electron chi connectivity index (χ1n) is 7.17. The third-order valence-corrected chi connectivity index (χ3v) is 3.38. The predicted molar refractivity (Wildman–Crippen MR) is 83.2 cm³/mol. The van der Waals surface area contributed by atoms with Crippen molar-refractivity contribution in [1.29, 1.82) is 0 Å². The third-order valence-electron chi connectivity index (χ3n) is 3.38. The summed E-state index contributed by atoms with van der Waals surface area (Å²) >= 11 is 0. The lowest BCUT2D eigenvalue weighted by Crippen LogP contribution is -2.54. The standard InChI is InChI=1S/C15H18N4O5/c20-11-3-1-9(2-4-11)5-12(14(21)22)18-19-13(15(23)24)6-10-7-16-8-17-10/h1-4,7-8,12-13,18-20H,5-6H2,(H,16,17)(H,21,22)(H,23,24)/t12-,13-/m0/s1. The molecule has 0 amide bonds.